The van der Waals surface area contributed by atoms with E-state index in [1.54, 1.807) is 0 Å². The molecule has 3 heteroatoms. The third-order valence-corrected chi connectivity index (χ3v) is 5.61. The van der Waals surface area contributed by atoms with E-state index in [1.165, 1.54) is 25.4 Å². The fraction of sp³-hybridized carbons (Fsp3) is 0.444. The molecule has 0 saturated heterocycles. The molecule has 2 rings (SSSR count). The van der Waals surface area contributed by atoms with E-state index in [2.05, 4.69) is 72.3 Å². The average molecular weight is 366 g/mol. The minimum Gasteiger partial charge on any atom is -0.310 e. The summed E-state index contributed by atoms with van der Waals surface area (Å²) in [6.07, 6.45) is 3.35. The normalized spacial score (nSPS) is 12.6. The van der Waals surface area contributed by atoms with Gasteiger partial charge in [0.25, 0.3) is 0 Å². The van der Waals surface area contributed by atoms with Crippen molar-refractivity contribution in [3.8, 4) is 0 Å². The standard InChI is InChI=1S/C18H24BrNS/c1-4-10-20-18(12-15-8-7-14(5-2)21-15)16-11-13(3)6-9-17(16)19/h6-9,11,18,20H,4-5,10,12H2,1-3H3. The largest absolute Gasteiger partial charge is 0.310 e. The maximum absolute atomic E-state index is 3.72. The molecular formula is C18H24BrNS. The summed E-state index contributed by atoms with van der Waals surface area (Å²) in [6.45, 7) is 7.65. The van der Waals surface area contributed by atoms with Gasteiger partial charge in [0.05, 0.1) is 0 Å². The number of benzene rings is 1. The minimum atomic E-state index is 0.377. The molecule has 1 atom stereocenters. The van der Waals surface area contributed by atoms with Crippen LogP contribution in [0, 0.1) is 6.92 Å². The summed E-state index contributed by atoms with van der Waals surface area (Å²) in [5.41, 5.74) is 2.69. The Morgan fingerprint density at radius 1 is 1.14 bits per heavy atom. The molecule has 0 radical (unpaired) electrons. The van der Waals surface area contributed by atoms with E-state index in [1.807, 2.05) is 11.3 Å². The Kier molecular flexibility index (Phi) is 6.46. The summed E-state index contributed by atoms with van der Waals surface area (Å²) in [6, 6.07) is 11.5. The van der Waals surface area contributed by atoms with Gasteiger partial charge in [0, 0.05) is 26.7 Å². The molecule has 1 aromatic heterocycles. The van der Waals surface area contributed by atoms with Crippen LogP contribution in [0.4, 0.5) is 0 Å². The van der Waals surface area contributed by atoms with Crippen molar-refractivity contribution in [1.29, 1.82) is 0 Å². The second-order valence-electron chi connectivity index (χ2n) is 5.46. The molecule has 0 aliphatic heterocycles. The monoisotopic (exact) mass is 365 g/mol. The van der Waals surface area contributed by atoms with Gasteiger partial charge in [-0.05, 0) is 50.1 Å². The van der Waals surface area contributed by atoms with Crippen LogP contribution in [-0.4, -0.2) is 6.54 Å². The number of hydrogen-bond donors (Lipinski definition) is 1. The lowest BCUT2D eigenvalue weighted by Gasteiger charge is -2.20. The van der Waals surface area contributed by atoms with Crippen molar-refractivity contribution in [2.24, 2.45) is 0 Å². The van der Waals surface area contributed by atoms with E-state index in [4.69, 9.17) is 0 Å². The van der Waals surface area contributed by atoms with E-state index in [0.717, 1.165) is 25.8 Å². The second-order valence-corrected chi connectivity index (χ2v) is 7.56. The van der Waals surface area contributed by atoms with Gasteiger partial charge in [-0.1, -0.05) is 47.5 Å². The van der Waals surface area contributed by atoms with Crippen molar-refractivity contribution in [3.05, 3.63) is 55.7 Å². The molecule has 114 valence electrons. The molecule has 2 aromatic rings. The zero-order chi connectivity index (χ0) is 15.2. The molecule has 0 spiro atoms. The van der Waals surface area contributed by atoms with Gasteiger partial charge < -0.3 is 5.32 Å². The molecule has 21 heavy (non-hydrogen) atoms. The highest BCUT2D eigenvalue weighted by Gasteiger charge is 2.16. The fourth-order valence-corrected chi connectivity index (χ4v) is 3.99. The van der Waals surface area contributed by atoms with Crippen molar-refractivity contribution in [3.63, 3.8) is 0 Å². The summed E-state index contributed by atoms with van der Waals surface area (Å²) >= 11 is 5.66. The van der Waals surface area contributed by atoms with Crippen LogP contribution in [0.15, 0.2) is 34.8 Å². The minimum absolute atomic E-state index is 0.377. The van der Waals surface area contributed by atoms with E-state index in [9.17, 15) is 0 Å². The van der Waals surface area contributed by atoms with Crippen LogP contribution < -0.4 is 5.32 Å². The summed E-state index contributed by atoms with van der Waals surface area (Å²) in [5, 5.41) is 3.71. The first-order chi connectivity index (χ1) is 10.1. The van der Waals surface area contributed by atoms with Gasteiger partial charge in [-0.15, -0.1) is 11.3 Å². The Morgan fingerprint density at radius 3 is 2.57 bits per heavy atom. The molecule has 1 heterocycles. The lowest BCUT2D eigenvalue weighted by atomic mass is 10.0. The zero-order valence-corrected chi connectivity index (χ0v) is 15.5. The Hall–Kier alpha value is -0.640. The van der Waals surface area contributed by atoms with Crippen molar-refractivity contribution in [2.75, 3.05) is 6.54 Å². The fourth-order valence-electron chi connectivity index (χ4n) is 2.46. The summed E-state index contributed by atoms with van der Waals surface area (Å²) in [4.78, 5) is 2.94. The molecule has 0 bridgehead atoms. The SMILES string of the molecule is CCCNC(Cc1ccc(CC)s1)c1cc(C)ccc1Br. The van der Waals surface area contributed by atoms with Gasteiger partial charge in [0.1, 0.15) is 0 Å². The van der Waals surface area contributed by atoms with Crippen LogP contribution in [-0.2, 0) is 12.8 Å². The molecular weight excluding hydrogens is 342 g/mol. The summed E-state index contributed by atoms with van der Waals surface area (Å²) < 4.78 is 1.20. The number of aryl methyl sites for hydroxylation is 2. The first-order valence-electron chi connectivity index (χ1n) is 7.71. The first kappa shape index (κ1) is 16.7. The molecule has 1 unspecified atom stereocenters. The second kappa shape index (κ2) is 8.11. The molecule has 0 aliphatic rings. The van der Waals surface area contributed by atoms with Crippen LogP contribution in [0.2, 0.25) is 0 Å². The van der Waals surface area contributed by atoms with E-state index >= 15 is 0 Å². The third-order valence-electron chi connectivity index (χ3n) is 3.64. The van der Waals surface area contributed by atoms with Crippen LogP contribution in [0.1, 0.15) is 47.2 Å². The topological polar surface area (TPSA) is 12.0 Å². The quantitative estimate of drug-likeness (QED) is 0.666. The lowest BCUT2D eigenvalue weighted by molar-refractivity contribution is 0.530. The average Bonchev–Trinajstić information content (AvgIpc) is 2.94. The number of hydrogen-bond acceptors (Lipinski definition) is 2. The Morgan fingerprint density at radius 2 is 1.90 bits per heavy atom. The Bertz CT molecular complexity index is 576. The van der Waals surface area contributed by atoms with Gasteiger partial charge in [-0.25, -0.2) is 0 Å². The lowest BCUT2D eigenvalue weighted by Crippen LogP contribution is -2.24. The van der Waals surface area contributed by atoms with Gasteiger partial charge in [-0.3, -0.25) is 0 Å². The zero-order valence-electron chi connectivity index (χ0n) is 13.1. The van der Waals surface area contributed by atoms with Crippen molar-refractivity contribution >= 4 is 27.3 Å². The van der Waals surface area contributed by atoms with Crippen LogP contribution in [0.25, 0.3) is 0 Å². The molecule has 1 nitrogen and oxygen atoms in total. The van der Waals surface area contributed by atoms with Crippen LogP contribution in [0.3, 0.4) is 0 Å². The maximum atomic E-state index is 3.72. The summed E-state index contributed by atoms with van der Waals surface area (Å²) in [7, 11) is 0. The molecule has 0 aliphatic carbocycles. The molecule has 1 N–H and O–H groups in total. The van der Waals surface area contributed by atoms with Crippen molar-refractivity contribution < 1.29 is 0 Å². The predicted octanol–water partition coefficient (Wildman–Crippen LogP) is 5.66. The number of nitrogens with one attached hydrogen (secondary N) is 1. The first-order valence-corrected chi connectivity index (χ1v) is 9.32. The highest BCUT2D eigenvalue weighted by molar-refractivity contribution is 9.10. The van der Waals surface area contributed by atoms with Gasteiger partial charge in [0.15, 0.2) is 0 Å². The van der Waals surface area contributed by atoms with Crippen molar-refractivity contribution in [2.45, 2.75) is 46.1 Å². The van der Waals surface area contributed by atoms with E-state index in [-0.39, 0.29) is 0 Å². The third kappa shape index (κ3) is 4.67. The highest BCUT2D eigenvalue weighted by atomic mass is 79.9. The van der Waals surface area contributed by atoms with E-state index in [0.29, 0.717) is 6.04 Å². The van der Waals surface area contributed by atoms with Crippen LogP contribution in [0.5, 0.6) is 0 Å². The Balaban J connectivity index is 2.22. The van der Waals surface area contributed by atoms with Gasteiger partial charge >= 0.3 is 0 Å². The number of rotatable bonds is 7. The molecule has 0 saturated carbocycles. The van der Waals surface area contributed by atoms with Crippen molar-refractivity contribution in [1.82, 2.24) is 5.32 Å². The predicted molar refractivity (Wildman–Crippen MR) is 97.3 cm³/mol. The Labute approximate surface area is 140 Å². The molecule has 0 amide bonds. The number of halogens is 1. The highest BCUT2D eigenvalue weighted by Crippen LogP contribution is 2.29. The number of thiophene rings is 1. The molecule has 0 fully saturated rings. The molecule has 1 aromatic carbocycles. The van der Waals surface area contributed by atoms with Gasteiger partial charge in [-0.2, -0.15) is 0 Å². The smallest absolute Gasteiger partial charge is 0.0380 e. The van der Waals surface area contributed by atoms with Gasteiger partial charge in [0.2, 0.25) is 0 Å². The van der Waals surface area contributed by atoms with E-state index < -0.39 is 0 Å². The summed E-state index contributed by atoms with van der Waals surface area (Å²) in [5.74, 6) is 0. The van der Waals surface area contributed by atoms with Crippen LogP contribution >= 0.6 is 27.3 Å². The maximum Gasteiger partial charge on any atom is 0.0380 e.